The van der Waals surface area contributed by atoms with Gasteiger partial charge in [-0.05, 0) is 5.75 Å². The van der Waals surface area contributed by atoms with Crippen LogP contribution in [0.2, 0.25) is 0 Å². The summed E-state index contributed by atoms with van der Waals surface area (Å²) in [6.45, 7) is 0. The predicted octanol–water partition coefficient (Wildman–Crippen LogP) is -2.72. The van der Waals surface area contributed by atoms with E-state index in [1.807, 2.05) is 0 Å². The van der Waals surface area contributed by atoms with Crippen LogP contribution in [0.1, 0.15) is 10.4 Å². The average Bonchev–Trinajstić information content (AvgIpc) is 2.16. The van der Waals surface area contributed by atoms with Gasteiger partial charge in [0.1, 0.15) is 0 Å². The molecule has 0 aliphatic heterocycles. The van der Waals surface area contributed by atoms with Gasteiger partial charge in [0, 0.05) is 6.07 Å². The molecule has 0 fully saturated rings. The Morgan fingerprint density at radius 2 is 1.71 bits per heavy atom. The normalized spacial score (nSPS) is 9.18. The molecule has 0 aliphatic rings. The number of nitro benzene ring substituents is 2. The minimum atomic E-state index is -1.75. The maximum atomic E-state index is 11.2. The zero-order valence-corrected chi connectivity index (χ0v) is 11.6. The standard InChI is InChI=1S/C7H4N2O7.K/c10-6-4(7(11)12)1-3(8(13)14)2-5(6)9(15)16;/h1-2,10H,(H,11,12);/q;+1/p-1. The smallest absolute Gasteiger partial charge is 0.867 e. The van der Waals surface area contributed by atoms with Crippen molar-refractivity contribution in [1.82, 2.24) is 0 Å². The average molecular weight is 266 g/mol. The summed E-state index contributed by atoms with van der Waals surface area (Å²) in [5.41, 5.74) is -2.95. The molecule has 0 saturated carbocycles. The Bertz CT molecular complexity index is 466. The second-order valence-electron chi connectivity index (χ2n) is 2.66. The summed E-state index contributed by atoms with van der Waals surface area (Å²) in [5.74, 6) is -3.11. The van der Waals surface area contributed by atoms with Crippen LogP contribution in [0.5, 0.6) is 5.75 Å². The summed E-state index contributed by atoms with van der Waals surface area (Å²) in [4.78, 5) is 29.1. The molecule has 1 aromatic carbocycles. The third-order valence-corrected chi connectivity index (χ3v) is 1.69. The minimum Gasteiger partial charge on any atom is -0.867 e. The van der Waals surface area contributed by atoms with Crippen LogP contribution in [0.4, 0.5) is 11.4 Å². The van der Waals surface area contributed by atoms with Crippen LogP contribution >= 0.6 is 0 Å². The van der Waals surface area contributed by atoms with Gasteiger partial charge in [-0.15, -0.1) is 0 Å². The molecular weight excluding hydrogens is 263 g/mol. The first-order valence-electron chi connectivity index (χ1n) is 3.71. The van der Waals surface area contributed by atoms with Gasteiger partial charge in [-0.1, -0.05) is 0 Å². The number of rotatable bonds is 3. The van der Waals surface area contributed by atoms with E-state index in [-0.39, 0.29) is 51.4 Å². The van der Waals surface area contributed by atoms with Gasteiger partial charge in [0.05, 0.1) is 21.5 Å². The van der Waals surface area contributed by atoms with Crippen LogP contribution in [-0.4, -0.2) is 20.9 Å². The molecule has 84 valence electrons. The first kappa shape index (κ1) is 15.9. The molecule has 1 rings (SSSR count). The van der Waals surface area contributed by atoms with Gasteiger partial charge in [-0.2, -0.15) is 0 Å². The molecule has 0 aromatic heterocycles. The zero-order chi connectivity index (χ0) is 12.5. The van der Waals surface area contributed by atoms with Crippen molar-refractivity contribution in [2.24, 2.45) is 0 Å². The summed E-state index contributed by atoms with van der Waals surface area (Å²) in [6.07, 6.45) is 0. The molecule has 9 nitrogen and oxygen atoms in total. The number of hydrogen-bond donors (Lipinski definition) is 1. The number of non-ortho nitro benzene ring substituents is 1. The van der Waals surface area contributed by atoms with Gasteiger partial charge < -0.3 is 10.2 Å². The molecule has 0 bridgehead atoms. The topological polar surface area (TPSA) is 147 Å². The van der Waals surface area contributed by atoms with E-state index < -0.39 is 38.5 Å². The molecule has 0 spiro atoms. The van der Waals surface area contributed by atoms with Crippen molar-refractivity contribution in [2.75, 3.05) is 0 Å². The van der Waals surface area contributed by atoms with Gasteiger partial charge in [-0.25, -0.2) is 4.79 Å². The number of hydrogen-bond acceptors (Lipinski definition) is 6. The van der Waals surface area contributed by atoms with Crippen LogP contribution in [0.25, 0.3) is 0 Å². The van der Waals surface area contributed by atoms with Gasteiger partial charge in [0.15, 0.2) is 0 Å². The fourth-order valence-electron chi connectivity index (χ4n) is 0.999. The first-order chi connectivity index (χ1) is 7.34. The molecule has 0 amide bonds. The Hall–Kier alpha value is -1.07. The second-order valence-corrected chi connectivity index (χ2v) is 2.66. The number of carboxylic acid groups (broad SMARTS) is 1. The van der Waals surface area contributed by atoms with E-state index in [1.54, 1.807) is 0 Å². The van der Waals surface area contributed by atoms with Gasteiger partial charge in [-0.3, -0.25) is 20.2 Å². The van der Waals surface area contributed by atoms with Crippen molar-refractivity contribution in [3.63, 3.8) is 0 Å². The maximum absolute atomic E-state index is 11.2. The Balaban J connectivity index is 0.00000256. The van der Waals surface area contributed by atoms with E-state index >= 15 is 0 Å². The summed E-state index contributed by atoms with van der Waals surface area (Å²) in [6, 6.07) is 0.909. The fourth-order valence-corrected chi connectivity index (χ4v) is 0.999. The summed E-state index contributed by atoms with van der Waals surface area (Å²) in [5, 5.41) is 40.4. The molecule has 0 aliphatic carbocycles. The number of carboxylic acids is 1. The number of benzene rings is 1. The molecule has 0 saturated heterocycles. The van der Waals surface area contributed by atoms with Crippen molar-refractivity contribution < 1.29 is 76.2 Å². The molecule has 0 radical (unpaired) electrons. The van der Waals surface area contributed by atoms with Crippen molar-refractivity contribution in [1.29, 1.82) is 0 Å². The summed E-state index contributed by atoms with van der Waals surface area (Å²) >= 11 is 0. The molecule has 0 atom stereocenters. The third kappa shape index (κ3) is 3.44. The number of carbonyl (C=O) groups is 1. The summed E-state index contributed by atoms with van der Waals surface area (Å²) < 4.78 is 0. The van der Waals surface area contributed by atoms with Crippen LogP contribution in [0.15, 0.2) is 12.1 Å². The monoisotopic (exact) mass is 266 g/mol. The fraction of sp³-hybridized carbons (Fsp3) is 0. The van der Waals surface area contributed by atoms with E-state index in [4.69, 9.17) is 5.11 Å². The minimum absolute atomic E-state index is 0. The predicted molar refractivity (Wildman–Crippen MR) is 46.2 cm³/mol. The Kier molecular flexibility index (Phi) is 5.64. The van der Waals surface area contributed by atoms with Crippen molar-refractivity contribution in [3.8, 4) is 5.75 Å². The Labute approximate surface area is 136 Å². The van der Waals surface area contributed by atoms with Gasteiger partial charge in [0.2, 0.25) is 0 Å². The molecule has 1 aromatic rings. The van der Waals surface area contributed by atoms with E-state index in [2.05, 4.69) is 0 Å². The Morgan fingerprint density at radius 1 is 1.18 bits per heavy atom. The number of aromatic carboxylic acids is 1. The zero-order valence-electron chi connectivity index (χ0n) is 8.45. The molecule has 10 heteroatoms. The van der Waals surface area contributed by atoms with E-state index in [9.17, 15) is 30.1 Å². The number of nitro groups is 2. The van der Waals surface area contributed by atoms with Crippen LogP contribution in [0, 0.1) is 20.2 Å². The van der Waals surface area contributed by atoms with Gasteiger partial charge in [0.25, 0.3) is 11.4 Å². The Morgan fingerprint density at radius 3 is 2.06 bits per heavy atom. The van der Waals surface area contributed by atoms with Crippen molar-refractivity contribution in [3.05, 3.63) is 37.9 Å². The van der Waals surface area contributed by atoms with Crippen molar-refractivity contribution >= 4 is 17.3 Å². The quantitative estimate of drug-likeness (QED) is 0.355. The molecule has 0 unspecified atom stereocenters. The van der Waals surface area contributed by atoms with Crippen LogP contribution in [-0.2, 0) is 0 Å². The SMILES string of the molecule is O=C(O)c1cc([N+](=O)[O-])cc([N+](=O)[O-])c1[O-].[K+]. The van der Waals surface area contributed by atoms with Crippen LogP contribution < -0.4 is 56.5 Å². The van der Waals surface area contributed by atoms with Crippen molar-refractivity contribution in [2.45, 2.75) is 0 Å². The number of nitrogens with zero attached hydrogens (tertiary/aromatic N) is 2. The largest absolute Gasteiger partial charge is 1.00 e. The maximum Gasteiger partial charge on any atom is 1.00 e. The van der Waals surface area contributed by atoms with E-state index in [0.29, 0.717) is 12.1 Å². The molecule has 0 heterocycles. The van der Waals surface area contributed by atoms with E-state index in [0.717, 1.165) is 0 Å². The molecular formula is C7H3KN2O7. The van der Waals surface area contributed by atoms with E-state index in [1.165, 1.54) is 0 Å². The van der Waals surface area contributed by atoms with Crippen LogP contribution in [0.3, 0.4) is 0 Å². The summed E-state index contributed by atoms with van der Waals surface area (Å²) in [7, 11) is 0. The molecule has 1 N–H and O–H groups in total. The second kappa shape index (κ2) is 6.02. The molecule has 17 heavy (non-hydrogen) atoms. The van der Waals surface area contributed by atoms with Gasteiger partial charge >= 0.3 is 57.4 Å². The third-order valence-electron chi connectivity index (χ3n) is 1.69. The first-order valence-corrected chi connectivity index (χ1v) is 3.71.